The zero-order valence-electron chi connectivity index (χ0n) is 9.16. The van der Waals surface area contributed by atoms with Crippen LogP contribution in [0.5, 0.6) is 0 Å². The van der Waals surface area contributed by atoms with Gasteiger partial charge in [0.25, 0.3) is 0 Å². The topological polar surface area (TPSA) is 54.4 Å². The van der Waals surface area contributed by atoms with Crippen molar-refractivity contribution in [3.05, 3.63) is 11.6 Å². The van der Waals surface area contributed by atoms with Gasteiger partial charge in [-0.3, -0.25) is 4.79 Å². The van der Waals surface area contributed by atoms with E-state index in [0.29, 0.717) is 12.0 Å². The first-order valence-electron chi connectivity index (χ1n) is 5.52. The lowest BCUT2D eigenvalue weighted by molar-refractivity contribution is -0.131. The highest BCUT2D eigenvalue weighted by molar-refractivity contribution is 5.86. The molecule has 1 fully saturated rings. The van der Waals surface area contributed by atoms with Gasteiger partial charge in [-0.2, -0.15) is 0 Å². The molecule has 84 valence electrons. The Kier molecular flexibility index (Phi) is 4.53. The van der Waals surface area contributed by atoms with Crippen LogP contribution < -0.4 is 0 Å². The number of hydrogen-bond donors (Lipinski definition) is 1. The van der Waals surface area contributed by atoms with Gasteiger partial charge in [0.1, 0.15) is 5.78 Å². The van der Waals surface area contributed by atoms with Crippen molar-refractivity contribution in [2.24, 2.45) is 5.92 Å². The van der Waals surface area contributed by atoms with E-state index in [-0.39, 0.29) is 11.7 Å². The van der Waals surface area contributed by atoms with Gasteiger partial charge in [0.05, 0.1) is 0 Å². The maximum absolute atomic E-state index is 11.8. The van der Waals surface area contributed by atoms with Crippen LogP contribution in [0, 0.1) is 5.92 Å². The normalized spacial score (nSPS) is 18.9. The van der Waals surface area contributed by atoms with E-state index in [1.807, 2.05) is 0 Å². The van der Waals surface area contributed by atoms with E-state index >= 15 is 0 Å². The Labute approximate surface area is 90.2 Å². The minimum absolute atomic E-state index is 0.177. The molecule has 0 aromatic rings. The van der Waals surface area contributed by atoms with Crippen LogP contribution in [-0.2, 0) is 9.59 Å². The molecule has 0 unspecified atom stereocenters. The van der Waals surface area contributed by atoms with Crippen LogP contribution in [0.15, 0.2) is 11.6 Å². The van der Waals surface area contributed by atoms with Crippen LogP contribution >= 0.6 is 0 Å². The molecule has 1 rings (SSSR count). The number of carbonyl (C=O) groups is 2. The van der Waals surface area contributed by atoms with Crippen LogP contribution in [0.3, 0.4) is 0 Å². The average Bonchev–Trinajstić information content (AvgIpc) is 2.17. The van der Waals surface area contributed by atoms with Gasteiger partial charge in [-0.05, 0) is 19.8 Å². The monoisotopic (exact) mass is 210 g/mol. The summed E-state index contributed by atoms with van der Waals surface area (Å²) in [5, 5.41) is 8.52. The van der Waals surface area contributed by atoms with Crippen molar-refractivity contribution in [1.29, 1.82) is 0 Å². The largest absolute Gasteiger partial charge is 0.478 e. The van der Waals surface area contributed by atoms with Gasteiger partial charge in [-0.15, -0.1) is 0 Å². The number of carboxylic acid groups (broad SMARTS) is 1. The highest BCUT2D eigenvalue weighted by atomic mass is 16.4. The summed E-state index contributed by atoms with van der Waals surface area (Å²) in [5.41, 5.74) is 0.651. The molecule has 0 heterocycles. The predicted molar refractivity (Wildman–Crippen MR) is 57.6 cm³/mol. The average molecular weight is 210 g/mol. The highest BCUT2D eigenvalue weighted by Crippen LogP contribution is 2.26. The number of allylic oxidation sites excluding steroid dienone is 1. The summed E-state index contributed by atoms with van der Waals surface area (Å²) in [6.45, 7) is 1.70. The zero-order chi connectivity index (χ0) is 11.3. The fourth-order valence-electron chi connectivity index (χ4n) is 2.11. The highest BCUT2D eigenvalue weighted by Gasteiger charge is 2.20. The van der Waals surface area contributed by atoms with Gasteiger partial charge in [0, 0.05) is 18.4 Å². The van der Waals surface area contributed by atoms with Gasteiger partial charge in [-0.25, -0.2) is 4.79 Å². The fourth-order valence-corrected chi connectivity index (χ4v) is 2.11. The maximum Gasteiger partial charge on any atom is 0.328 e. The van der Waals surface area contributed by atoms with Crippen molar-refractivity contribution in [2.75, 3.05) is 0 Å². The summed E-state index contributed by atoms with van der Waals surface area (Å²) in [6, 6.07) is 0. The lowest BCUT2D eigenvalue weighted by Crippen LogP contribution is -2.17. The van der Waals surface area contributed by atoms with Gasteiger partial charge < -0.3 is 5.11 Å². The van der Waals surface area contributed by atoms with Crippen LogP contribution in [0.1, 0.15) is 45.4 Å². The molecule has 0 radical (unpaired) electrons. The van der Waals surface area contributed by atoms with E-state index in [1.54, 1.807) is 6.92 Å². The molecule has 0 spiro atoms. The Morgan fingerprint density at radius 3 is 2.40 bits per heavy atom. The van der Waals surface area contributed by atoms with E-state index in [2.05, 4.69) is 0 Å². The van der Waals surface area contributed by atoms with Crippen LogP contribution in [0.2, 0.25) is 0 Å². The lowest BCUT2D eigenvalue weighted by atomic mass is 9.84. The standard InChI is InChI=1S/C12H18O3/c1-9(8-12(14)15)7-11(13)10-5-3-2-4-6-10/h8,10H,2-7H2,1H3,(H,14,15). The molecule has 15 heavy (non-hydrogen) atoms. The van der Waals surface area contributed by atoms with Crippen LogP contribution in [0.4, 0.5) is 0 Å². The molecule has 0 aliphatic heterocycles. The van der Waals surface area contributed by atoms with E-state index in [9.17, 15) is 9.59 Å². The molecular formula is C12H18O3. The number of hydrogen-bond acceptors (Lipinski definition) is 2. The molecule has 1 aliphatic carbocycles. The lowest BCUT2D eigenvalue weighted by Gasteiger charge is -2.20. The molecule has 0 atom stereocenters. The molecule has 1 aliphatic rings. The molecular weight excluding hydrogens is 192 g/mol. The first-order valence-corrected chi connectivity index (χ1v) is 5.52. The Bertz CT molecular complexity index is 273. The molecule has 0 aromatic carbocycles. The summed E-state index contributed by atoms with van der Waals surface area (Å²) >= 11 is 0. The Hall–Kier alpha value is -1.12. The third-order valence-electron chi connectivity index (χ3n) is 2.88. The first kappa shape index (κ1) is 12.0. The SMILES string of the molecule is CC(=CC(=O)O)CC(=O)C1CCCCC1. The Morgan fingerprint density at radius 1 is 1.27 bits per heavy atom. The van der Waals surface area contributed by atoms with Crippen molar-refractivity contribution in [3.63, 3.8) is 0 Å². The summed E-state index contributed by atoms with van der Waals surface area (Å²) < 4.78 is 0. The van der Waals surface area contributed by atoms with Crippen molar-refractivity contribution in [2.45, 2.75) is 45.4 Å². The summed E-state index contributed by atoms with van der Waals surface area (Å²) in [6.07, 6.45) is 6.90. The second-order valence-corrected chi connectivity index (χ2v) is 4.31. The quantitative estimate of drug-likeness (QED) is 0.725. The zero-order valence-corrected chi connectivity index (χ0v) is 9.16. The number of ketones is 1. The first-order chi connectivity index (χ1) is 7.09. The smallest absolute Gasteiger partial charge is 0.328 e. The second-order valence-electron chi connectivity index (χ2n) is 4.31. The molecule has 0 aromatic heterocycles. The van der Waals surface area contributed by atoms with E-state index < -0.39 is 5.97 Å². The number of rotatable bonds is 4. The van der Waals surface area contributed by atoms with Gasteiger partial charge in [0.2, 0.25) is 0 Å². The second kappa shape index (κ2) is 5.69. The number of carbonyl (C=O) groups excluding carboxylic acids is 1. The van der Waals surface area contributed by atoms with E-state index in [4.69, 9.17) is 5.11 Å². The third kappa shape index (κ3) is 4.28. The van der Waals surface area contributed by atoms with Crippen LogP contribution in [0.25, 0.3) is 0 Å². The Morgan fingerprint density at radius 2 is 1.87 bits per heavy atom. The molecule has 1 N–H and O–H groups in total. The number of Topliss-reactive ketones (excluding diaryl/α,β-unsaturated/α-hetero) is 1. The molecule has 3 nitrogen and oxygen atoms in total. The summed E-state index contributed by atoms with van der Waals surface area (Å²) in [7, 11) is 0. The number of aliphatic carboxylic acids is 1. The summed E-state index contributed by atoms with van der Waals surface area (Å²) in [5.74, 6) is -0.579. The molecule has 0 bridgehead atoms. The van der Waals surface area contributed by atoms with Crippen molar-refractivity contribution in [1.82, 2.24) is 0 Å². The van der Waals surface area contributed by atoms with Gasteiger partial charge in [0.15, 0.2) is 0 Å². The molecule has 0 saturated heterocycles. The van der Waals surface area contributed by atoms with Crippen molar-refractivity contribution >= 4 is 11.8 Å². The van der Waals surface area contributed by atoms with E-state index in [0.717, 1.165) is 31.8 Å². The third-order valence-corrected chi connectivity index (χ3v) is 2.88. The minimum Gasteiger partial charge on any atom is -0.478 e. The van der Waals surface area contributed by atoms with Crippen LogP contribution in [-0.4, -0.2) is 16.9 Å². The predicted octanol–water partition coefficient (Wildman–Crippen LogP) is 2.56. The molecule has 0 amide bonds. The number of carboxylic acids is 1. The van der Waals surface area contributed by atoms with Crippen molar-refractivity contribution < 1.29 is 14.7 Å². The van der Waals surface area contributed by atoms with E-state index in [1.165, 1.54) is 6.42 Å². The minimum atomic E-state index is -0.969. The van der Waals surface area contributed by atoms with Gasteiger partial charge in [-0.1, -0.05) is 24.8 Å². The van der Waals surface area contributed by atoms with Crippen molar-refractivity contribution in [3.8, 4) is 0 Å². The summed E-state index contributed by atoms with van der Waals surface area (Å²) in [4.78, 5) is 22.1. The fraction of sp³-hybridized carbons (Fsp3) is 0.667. The van der Waals surface area contributed by atoms with Gasteiger partial charge >= 0.3 is 5.97 Å². The maximum atomic E-state index is 11.8. The molecule has 3 heteroatoms. The molecule has 1 saturated carbocycles. The Balaban J connectivity index is 2.43.